The van der Waals surface area contributed by atoms with Crippen molar-refractivity contribution in [1.29, 1.82) is 0 Å². The zero-order chi connectivity index (χ0) is 22.7. The summed E-state index contributed by atoms with van der Waals surface area (Å²) in [6, 6.07) is 20.7. The second kappa shape index (κ2) is 8.86. The average molecular weight is 438 g/mol. The van der Waals surface area contributed by atoms with Crippen LogP contribution in [0.4, 0.5) is 13.2 Å². The topological polar surface area (TPSA) is 40.6 Å². The van der Waals surface area contributed by atoms with Crippen LogP contribution in [0, 0.1) is 0 Å². The highest BCUT2D eigenvalue weighted by molar-refractivity contribution is 6.01. The summed E-state index contributed by atoms with van der Waals surface area (Å²) in [5.74, 6) is -0.268. The molecule has 1 aliphatic rings. The molecule has 0 saturated carbocycles. The van der Waals surface area contributed by atoms with Crippen LogP contribution in [-0.4, -0.2) is 47.8 Å². The molecule has 32 heavy (non-hydrogen) atoms. The van der Waals surface area contributed by atoms with E-state index in [9.17, 15) is 22.8 Å². The Kier molecular flexibility index (Phi) is 5.99. The van der Waals surface area contributed by atoms with Gasteiger partial charge in [-0.1, -0.05) is 48.5 Å². The highest BCUT2D eigenvalue weighted by atomic mass is 19.4. The molecule has 1 aliphatic heterocycles. The second-order valence-electron chi connectivity index (χ2n) is 7.57. The third-order valence-corrected chi connectivity index (χ3v) is 5.56. The van der Waals surface area contributed by atoms with E-state index in [1.54, 1.807) is 46.2 Å². The number of carbonyl (C=O) groups excluding carboxylic acids is 2. The van der Waals surface area contributed by atoms with Gasteiger partial charge in [0.15, 0.2) is 0 Å². The smallest absolute Gasteiger partial charge is 0.335 e. The summed E-state index contributed by atoms with van der Waals surface area (Å²) in [5, 5.41) is 0. The van der Waals surface area contributed by atoms with Crippen molar-refractivity contribution in [3.05, 3.63) is 95.6 Å². The highest BCUT2D eigenvalue weighted by Gasteiger charge is 2.30. The van der Waals surface area contributed by atoms with Crippen molar-refractivity contribution in [2.75, 3.05) is 26.2 Å². The van der Waals surface area contributed by atoms with Crippen LogP contribution in [0.15, 0.2) is 78.9 Å². The van der Waals surface area contributed by atoms with Crippen LogP contribution < -0.4 is 0 Å². The van der Waals surface area contributed by atoms with E-state index < -0.39 is 11.7 Å². The third-order valence-electron chi connectivity index (χ3n) is 5.56. The molecule has 4 nitrogen and oxygen atoms in total. The minimum absolute atomic E-state index is 0.0668. The summed E-state index contributed by atoms with van der Waals surface area (Å²) in [4.78, 5) is 29.2. The Morgan fingerprint density at radius 2 is 1.19 bits per heavy atom. The van der Waals surface area contributed by atoms with Crippen molar-refractivity contribution in [2.45, 2.75) is 6.18 Å². The fraction of sp³-hybridized carbons (Fsp3) is 0.200. The van der Waals surface area contributed by atoms with Gasteiger partial charge < -0.3 is 9.80 Å². The van der Waals surface area contributed by atoms with Crippen molar-refractivity contribution < 1.29 is 22.8 Å². The number of hydrogen-bond acceptors (Lipinski definition) is 2. The number of amides is 2. The van der Waals surface area contributed by atoms with E-state index in [-0.39, 0.29) is 11.8 Å². The molecule has 7 heteroatoms. The number of nitrogens with zero attached hydrogens (tertiary/aromatic N) is 2. The predicted octanol–water partition coefficient (Wildman–Crippen LogP) is 4.97. The molecule has 3 aromatic rings. The normalized spacial score (nSPS) is 14.3. The SMILES string of the molecule is O=C(c1ccccc1)N1CCN(C(=O)c2ccccc2-c2ccc(C(F)(F)F)cc2)CC1. The zero-order valence-electron chi connectivity index (χ0n) is 17.2. The molecule has 0 N–H and O–H groups in total. The average Bonchev–Trinajstić information content (AvgIpc) is 2.83. The Labute approximate surface area is 183 Å². The van der Waals surface area contributed by atoms with E-state index in [1.807, 2.05) is 18.2 Å². The fourth-order valence-electron chi connectivity index (χ4n) is 3.81. The lowest BCUT2D eigenvalue weighted by atomic mass is 9.97. The van der Waals surface area contributed by atoms with Gasteiger partial charge in [0.2, 0.25) is 0 Å². The first kappa shape index (κ1) is 21.6. The molecule has 0 aliphatic carbocycles. The largest absolute Gasteiger partial charge is 0.416 e. The predicted molar refractivity (Wildman–Crippen MR) is 115 cm³/mol. The van der Waals surface area contributed by atoms with Gasteiger partial charge in [-0.25, -0.2) is 0 Å². The molecule has 0 aromatic heterocycles. The standard InChI is InChI=1S/C25H21F3N2O2/c26-25(27,28)20-12-10-18(11-13-20)21-8-4-5-9-22(21)24(32)30-16-14-29(15-17-30)23(31)19-6-2-1-3-7-19/h1-13H,14-17H2. The molecule has 164 valence electrons. The number of carbonyl (C=O) groups is 2. The van der Waals surface area contributed by atoms with E-state index in [1.165, 1.54) is 12.1 Å². The van der Waals surface area contributed by atoms with Gasteiger partial charge in [0.25, 0.3) is 11.8 Å². The number of benzene rings is 3. The van der Waals surface area contributed by atoms with Crippen molar-refractivity contribution in [1.82, 2.24) is 9.80 Å². The molecule has 0 bridgehead atoms. The maximum absolute atomic E-state index is 13.2. The van der Waals surface area contributed by atoms with E-state index in [0.29, 0.717) is 48.4 Å². The number of piperazine rings is 1. The van der Waals surface area contributed by atoms with Gasteiger partial charge in [-0.2, -0.15) is 13.2 Å². The quantitative estimate of drug-likeness (QED) is 0.579. The minimum Gasteiger partial charge on any atom is -0.335 e. The third kappa shape index (κ3) is 4.51. The Balaban J connectivity index is 1.49. The lowest BCUT2D eigenvalue weighted by Gasteiger charge is -2.35. The molecular weight excluding hydrogens is 417 g/mol. The van der Waals surface area contributed by atoms with Crippen LogP contribution in [0.25, 0.3) is 11.1 Å². The summed E-state index contributed by atoms with van der Waals surface area (Å²) in [5.41, 5.74) is 1.42. The van der Waals surface area contributed by atoms with Crippen LogP contribution in [-0.2, 0) is 6.18 Å². The molecular formula is C25H21F3N2O2. The van der Waals surface area contributed by atoms with Gasteiger partial charge in [-0.05, 0) is 41.5 Å². The number of rotatable bonds is 3. The second-order valence-corrected chi connectivity index (χ2v) is 7.57. The molecule has 1 heterocycles. The first-order valence-corrected chi connectivity index (χ1v) is 10.2. The van der Waals surface area contributed by atoms with Gasteiger partial charge >= 0.3 is 6.18 Å². The Morgan fingerprint density at radius 3 is 1.78 bits per heavy atom. The van der Waals surface area contributed by atoms with Crippen LogP contribution in [0.5, 0.6) is 0 Å². The van der Waals surface area contributed by atoms with E-state index in [4.69, 9.17) is 0 Å². The first-order chi connectivity index (χ1) is 15.3. The van der Waals surface area contributed by atoms with Crippen molar-refractivity contribution in [3.63, 3.8) is 0 Å². The Bertz CT molecular complexity index is 1100. The van der Waals surface area contributed by atoms with E-state index >= 15 is 0 Å². The van der Waals surface area contributed by atoms with E-state index in [2.05, 4.69) is 0 Å². The maximum atomic E-state index is 13.2. The molecule has 0 radical (unpaired) electrons. The zero-order valence-corrected chi connectivity index (χ0v) is 17.2. The van der Waals surface area contributed by atoms with Crippen LogP contribution in [0.2, 0.25) is 0 Å². The molecule has 3 aromatic carbocycles. The number of hydrogen-bond donors (Lipinski definition) is 0. The maximum Gasteiger partial charge on any atom is 0.416 e. The summed E-state index contributed by atoms with van der Waals surface area (Å²) < 4.78 is 38.6. The van der Waals surface area contributed by atoms with Crippen molar-refractivity contribution in [3.8, 4) is 11.1 Å². The molecule has 0 spiro atoms. The minimum atomic E-state index is -4.41. The Hall–Kier alpha value is -3.61. The summed E-state index contributed by atoms with van der Waals surface area (Å²) in [6.07, 6.45) is -4.41. The molecule has 0 atom stereocenters. The highest BCUT2D eigenvalue weighted by Crippen LogP contribution is 2.32. The van der Waals surface area contributed by atoms with Crippen LogP contribution >= 0.6 is 0 Å². The van der Waals surface area contributed by atoms with E-state index in [0.717, 1.165) is 12.1 Å². The van der Waals surface area contributed by atoms with Gasteiger partial charge in [-0.15, -0.1) is 0 Å². The molecule has 1 saturated heterocycles. The van der Waals surface area contributed by atoms with Gasteiger partial charge in [0, 0.05) is 37.3 Å². The molecule has 2 amide bonds. The monoisotopic (exact) mass is 438 g/mol. The Morgan fingerprint density at radius 1 is 0.656 bits per heavy atom. The molecule has 4 rings (SSSR count). The molecule has 0 unspecified atom stereocenters. The summed E-state index contributed by atoms with van der Waals surface area (Å²) in [6.45, 7) is 1.61. The number of halogens is 3. The van der Waals surface area contributed by atoms with Gasteiger partial charge in [0.1, 0.15) is 0 Å². The van der Waals surface area contributed by atoms with Crippen LogP contribution in [0.3, 0.4) is 0 Å². The van der Waals surface area contributed by atoms with Gasteiger partial charge in [-0.3, -0.25) is 9.59 Å². The van der Waals surface area contributed by atoms with Crippen LogP contribution in [0.1, 0.15) is 26.3 Å². The van der Waals surface area contributed by atoms with Crippen molar-refractivity contribution in [2.24, 2.45) is 0 Å². The first-order valence-electron chi connectivity index (χ1n) is 10.2. The van der Waals surface area contributed by atoms with Crippen molar-refractivity contribution >= 4 is 11.8 Å². The lowest BCUT2D eigenvalue weighted by Crippen LogP contribution is -2.50. The number of alkyl halides is 3. The summed E-state index contributed by atoms with van der Waals surface area (Å²) in [7, 11) is 0. The lowest BCUT2D eigenvalue weighted by molar-refractivity contribution is -0.137. The fourth-order valence-corrected chi connectivity index (χ4v) is 3.81. The summed E-state index contributed by atoms with van der Waals surface area (Å²) >= 11 is 0. The molecule has 1 fully saturated rings. The van der Waals surface area contributed by atoms with Gasteiger partial charge in [0.05, 0.1) is 5.56 Å².